The number of piperidine rings is 1. The Hall–Kier alpha value is -2.53. The van der Waals surface area contributed by atoms with E-state index in [4.69, 9.17) is 16.3 Å². The monoisotopic (exact) mass is 386 g/mol. The molecule has 27 heavy (non-hydrogen) atoms. The normalized spacial score (nSPS) is 16.7. The summed E-state index contributed by atoms with van der Waals surface area (Å²) in [7, 11) is 3.34. The van der Waals surface area contributed by atoms with E-state index in [2.05, 4.69) is 0 Å². The number of benzene rings is 2. The number of carbonyl (C=O) groups is 2. The second-order valence-electron chi connectivity index (χ2n) is 6.67. The van der Waals surface area contributed by atoms with Gasteiger partial charge in [0.15, 0.2) is 0 Å². The Kier molecular flexibility index (Phi) is 6.01. The van der Waals surface area contributed by atoms with E-state index in [9.17, 15) is 9.59 Å². The van der Waals surface area contributed by atoms with Crippen LogP contribution in [-0.2, 0) is 4.79 Å². The van der Waals surface area contributed by atoms with E-state index >= 15 is 0 Å². The highest BCUT2D eigenvalue weighted by Gasteiger charge is 2.31. The minimum Gasteiger partial charge on any atom is -0.495 e. The van der Waals surface area contributed by atoms with Gasteiger partial charge in [-0.1, -0.05) is 23.7 Å². The quantitative estimate of drug-likeness (QED) is 0.801. The highest BCUT2D eigenvalue weighted by molar-refractivity contribution is 6.30. The molecule has 5 nitrogen and oxygen atoms in total. The summed E-state index contributed by atoms with van der Waals surface area (Å²) in [5.41, 5.74) is 1.32. The molecule has 3 rings (SSSR count). The first-order valence-electron chi connectivity index (χ1n) is 8.96. The summed E-state index contributed by atoms with van der Waals surface area (Å²) in [6.45, 7) is 1.07. The second-order valence-corrected chi connectivity index (χ2v) is 7.10. The summed E-state index contributed by atoms with van der Waals surface area (Å²) in [5.74, 6) is 0.348. The maximum atomic E-state index is 13.0. The molecule has 2 aromatic rings. The molecule has 142 valence electrons. The van der Waals surface area contributed by atoms with Gasteiger partial charge in [-0.2, -0.15) is 0 Å². The first-order chi connectivity index (χ1) is 13.0. The fourth-order valence-electron chi connectivity index (χ4n) is 3.44. The Morgan fingerprint density at radius 3 is 2.56 bits per heavy atom. The molecule has 0 spiro atoms. The van der Waals surface area contributed by atoms with Gasteiger partial charge in [-0.3, -0.25) is 9.59 Å². The van der Waals surface area contributed by atoms with Crippen molar-refractivity contribution in [3.8, 4) is 5.75 Å². The number of rotatable bonds is 4. The van der Waals surface area contributed by atoms with Crippen LogP contribution in [0.25, 0.3) is 0 Å². The molecule has 0 saturated carbocycles. The molecule has 2 amide bonds. The first-order valence-corrected chi connectivity index (χ1v) is 9.34. The SMILES string of the molecule is COc1ccccc1N(C)C(=O)C1CCCN(C(=O)c2ccc(Cl)cc2)C1. The van der Waals surface area contributed by atoms with Gasteiger partial charge in [0.25, 0.3) is 5.91 Å². The highest BCUT2D eigenvalue weighted by atomic mass is 35.5. The molecule has 0 bridgehead atoms. The van der Waals surface area contributed by atoms with Crippen molar-refractivity contribution in [1.82, 2.24) is 4.90 Å². The summed E-state index contributed by atoms with van der Waals surface area (Å²) in [5, 5.41) is 0.594. The van der Waals surface area contributed by atoms with Gasteiger partial charge in [-0.25, -0.2) is 0 Å². The van der Waals surface area contributed by atoms with Gasteiger partial charge < -0.3 is 14.5 Å². The summed E-state index contributed by atoms with van der Waals surface area (Å²) in [4.78, 5) is 29.2. The number of hydrogen-bond acceptors (Lipinski definition) is 3. The number of halogens is 1. The molecule has 1 aliphatic heterocycles. The zero-order valence-electron chi connectivity index (χ0n) is 15.5. The van der Waals surface area contributed by atoms with Crippen LogP contribution in [0, 0.1) is 5.92 Å². The molecular weight excluding hydrogens is 364 g/mol. The van der Waals surface area contributed by atoms with Crippen molar-refractivity contribution in [2.75, 3.05) is 32.1 Å². The maximum Gasteiger partial charge on any atom is 0.253 e. The maximum absolute atomic E-state index is 13.0. The smallest absolute Gasteiger partial charge is 0.253 e. The van der Waals surface area contributed by atoms with Crippen LogP contribution in [0.15, 0.2) is 48.5 Å². The lowest BCUT2D eigenvalue weighted by atomic mass is 9.95. The number of ether oxygens (including phenoxy) is 1. The van der Waals surface area contributed by atoms with Crippen LogP contribution in [-0.4, -0.2) is 44.0 Å². The second kappa shape index (κ2) is 8.44. The van der Waals surface area contributed by atoms with Crippen LogP contribution in [0.4, 0.5) is 5.69 Å². The van der Waals surface area contributed by atoms with Crippen LogP contribution >= 0.6 is 11.6 Å². The van der Waals surface area contributed by atoms with Gasteiger partial charge in [-0.05, 0) is 49.2 Å². The molecule has 1 atom stereocenters. The van der Waals surface area contributed by atoms with E-state index in [0.29, 0.717) is 29.4 Å². The van der Waals surface area contributed by atoms with Gasteiger partial charge in [0.2, 0.25) is 5.91 Å². The van der Waals surface area contributed by atoms with Crippen LogP contribution in [0.5, 0.6) is 5.75 Å². The topological polar surface area (TPSA) is 49.9 Å². The van der Waals surface area contributed by atoms with Gasteiger partial charge in [0.1, 0.15) is 5.75 Å². The third kappa shape index (κ3) is 4.25. The van der Waals surface area contributed by atoms with Crippen molar-refractivity contribution in [2.24, 2.45) is 5.92 Å². The average Bonchev–Trinajstić information content (AvgIpc) is 2.72. The molecule has 2 aromatic carbocycles. The Bertz CT molecular complexity index is 822. The highest BCUT2D eigenvalue weighted by Crippen LogP contribution is 2.29. The number of hydrogen-bond donors (Lipinski definition) is 0. The number of para-hydroxylation sites is 2. The minimum absolute atomic E-state index is 0.00638. The largest absolute Gasteiger partial charge is 0.495 e. The van der Waals surface area contributed by atoms with Gasteiger partial charge in [-0.15, -0.1) is 0 Å². The number of methoxy groups -OCH3 is 1. The molecule has 1 aliphatic rings. The first kappa shape index (κ1) is 19.2. The van der Waals surface area contributed by atoms with Gasteiger partial charge in [0, 0.05) is 30.7 Å². The fraction of sp³-hybridized carbons (Fsp3) is 0.333. The van der Waals surface area contributed by atoms with Crippen molar-refractivity contribution in [3.05, 3.63) is 59.1 Å². The Labute approximate surface area is 164 Å². The fourth-order valence-corrected chi connectivity index (χ4v) is 3.56. The van der Waals surface area contributed by atoms with E-state index in [-0.39, 0.29) is 17.7 Å². The predicted molar refractivity (Wildman–Crippen MR) is 106 cm³/mol. The van der Waals surface area contributed by atoms with Crippen LogP contribution < -0.4 is 9.64 Å². The third-order valence-corrected chi connectivity index (χ3v) is 5.18. The lowest BCUT2D eigenvalue weighted by Crippen LogP contribution is -2.46. The minimum atomic E-state index is -0.232. The van der Waals surface area contributed by atoms with Crippen molar-refractivity contribution in [3.63, 3.8) is 0 Å². The third-order valence-electron chi connectivity index (χ3n) is 4.93. The van der Waals surface area contributed by atoms with Crippen LogP contribution in [0.1, 0.15) is 23.2 Å². The van der Waals surface area contributed by atoms with Crippen LogP contribution in [0.3, 0.4) is 0 Å². The molecule has 1 fully saturated rings. The number of likely N-dealkylation sites (tertiary alicyclic amines) is 1. The van der Waals surface area contributed by atoms with E-state index < -0.39 is 0 Å². The number of carbonyl (C=O) groups excluding carboxylic acids is 2. The van der Waals surface area contributed by atoms with Crippen molar-refractivity contribution in [1.29, 1.82) is 0 Å². The van der Waals surface area contributed by atoms with E-state index in [1.165, 1.54) is 0 Å². The standard InChI is InChI=1S/C21H23ClN2O3/c1-23(18-7-3-4-8-19(18)27-2)20(25)16-6-5-13-24(14-16)21(26)15-9-11-17(22)12-10-15/h3-4,7-12,16H,5-6,13-14H2,1-2H3. The molecule has 0 N–H and O–H groups in total. The van der Waals surface area contributed by atoms with E-state index in [1.54, 1.807) is 48.2 Å². The number of anilines is 1. The van der Waals surface area contributed by atoms with Crippen molar-refractivity contribution in [2.45, 2.75) is 12.8 Å². The molecule has 1 heterocycles. The van der Waals surface area contributed by atoms with Crippen LogP contribution in [0.2, 0.25) is 5.02 Å². The zero-order valence-corrected chi connectivity index (χ0v) is 16.3. The molecule has 1 saturated heterocycles. The summed E-state index contributed by atoms with van der Waals surface area (Å²) >= 11 is 5.90. The molecule has 6 heteroatoms. The summed E-state index contributed by atoms with van der Waals surface area (Å²) in [6, 6.07) is 14.3. The van der Waals surface area contributed by atoms with E-state index in [1.807, 2.05) is 24.3 Å². The summed E-state index contributed by atoms with van der Waals surface area (Å²) < 4.78 is 5.36. The summed E-state index contributed by atoms with van der Waals surface area (Å²) in [6.07, 6.45) is 1.57. The van der Waals surface area contributed by atoms with Crippen molar-refractivity contribution >= 4 is 29.1 Å². The molecule has 0 radical (unpaired) electrons. The van der Waals surface area contributed by atoms with Crippen molar-refractivity contribution < 1.29 is 14.3 Å². The van der Waals surface area contributed by atoms with E-state index in [0.717, 1.165) is 18.5 Å². The number of amides is 2. The Balaban J connectivity index is 1.72. The van der Waals surface area contributed by atoms with Gasteiger partial charge >= 0.3 is 0 Å². The average molecular weight is 387 g/mol. The molecule has 0 aliphatic carbocycles. The number of nitrogens with zero attached hydrogens (tertiary/aromatic N) is 2. The lowest BCUT2D eigenvalue weighted by molar-refractivity contribution is -0.123. The Morgan fingerprint density at radius 1 is 1.15 bits per heavy atom. The molecular formula is C21H23ClN2O3. The lowest BCUT2D eigenvalue weighted by Gasteiger charge is -2.34. The molecule has 1 unspecified atom stereocenters. The Morgan fingerprint density at radius 2 is 1.85 bits per heavy atom. The van der Waals surface area contributed by atoms with Gasteiger partial charge in [0.05, 0.1) is 18.7 Å². The zero-order chi connectivity index (χ0) is 19.4. The predicted octanol–water partition coefficient (Wildman–Crippen LogP) is 3.86. The molecule has 0 aromatic heterocycles.